The van der Waals surface area contributed by atoms with Crippen LogP contribution in [0.4, 0.5) is 0 Å². The van der Waals surface area contributed by atoms with Crippen LogP contribution in [0.25, 0.3) is 27.5 Å². The van der Waals surface area contributed by atoms with Crippen LogP contribution in [0.5, 0.6) is 0 Å². The molecule has 0 spiro atoms. The number of rotatable bonds is 0. The predicted octanol–water partition coefficient (Wildman–Crippen LogP) is 3.45. The Balaban J connectivity index is 0.00000121. The van der Waals surface area contributed by atoms with Crippen molar-refractivity contribution in [2.75, 3.05) is 0 Å². The minimum absolute atomic E-state index is 0. The maximum absolute atomic E-state index is 4.61. The molecule has 0 aliphatic carbocycles. The minimum Gasteiger partial charge on any atom is -0.351 e. The van der Waals surface area contributed by atoms with E-state index >= 15 is 0 Å². The summed E-state index contributed by atoms with van der Waals surface area (Å²) in [5.41, 5.74) is 5.29. The van der Waals surface area contributed by atoms with E-state index in [9.17, 15) is 0 Å². The minimum atomic E-state index is 0. The summed E-state index contributed by atoms with van der Waals surface area (Å²) in [6.07, 6.45) is 3.86. The van der Waals surface area contributed by atoms with Crippen molar-refractivity contribution in [2.24, 2.45) is 0 Å². The van der Waals surface area contributed by atoms with Gasteiger partial charge in [-0.2, -0.15) is 0 Å². The zero-order valence-corrected chi connectivity index (χ0v) is 13.5. The molecule has 0 saturated carbocycles. The van der Waals surface area contributed by atoms with Crippen LogP contribution < -0.4 is 0 Å². The molecule has 4 rings (SSSR count). The first-order chi connectivity index (χ1) is 9.25. The van der Waals surface area contributed by atoms with E-state index in [1.165, 1.54) is 10.9 Å². The van der Waals surface area contributed by atoms with Crippen LogP contribution in [0.1, 0.15) is 11.3 Å². The number of pyridine rings is 2. The van der Waals surface area contributed by atoms with Gasteiger partial charge in [-0.05, 0) is 36.4 Å². The number of aryl methyl sites for hydroxylation is 2. The van der Waals surface area contributed by atoms with Crippen molar-refractivity contribution in [3.63, 3.8) is 0 Å². The largest absolute Gasteiger partial charge is 0.351 e. The smallest absolute Gasteiger partial charge is 0.0626 e. The van der Waals surface area contributed by atoms with E-state index in [1.54, 1.807) is 6.20 Å². The van der Waals surface area contributed by atoms with Gasteiger partial charge in [0.15, 0.2) is 0 Å². The normalized spacial score (nSPS) is 11.1. The zero-order chi connectivity index (χ0) is 13.0. The first-order valence-corrected chi connectivity index (χ1v) is 6.29. The molecule has 1 radical (unpaired) electrons. The summed E-state index contributed by atoms with van der Waals surface area (Å²) in [4.78, 5) is 9.16. The molecule has 0 saturated heterocycles. The number of benzene rings is 1. The molecule has 0 aliphatic rings. The van der Waals surface area contributed by atoms with Gasteiger partial charge in [-0.15, -0.1) is 12.1 Å². The Morgan fingerprint density at radius 3 is 2.90 bits per heavy atom. The Morgan fingerprint density at radius 2 is 2.05 bits per heavy atom. The van der Waals surface area contributed by atoms with Crippen molar-refractivity contribution in [3.05, 3.63) is 54.0 Å². The molecule has 0 unspecified atom stereocenters. The summed E-state index contributed by atoms with van der Waals surface area (Å²) in [6.45, 7) is 4.13. The number of aromatic nitrogens is 3. The van der Waals surface area contributed by atoms with Crippen molar-refractivity contribution >= 4 is 27.5 Å². The van der Waals surface area contributed by atoms with E-state index < -0.39 is 0 Å². The molecule has 4 aromatic rings. The van der Waals surface area contributed by atoms with E-state index in [0.29, 0.717) is 0 Å². The molecule has 3 nitrogen and oxygen atoms in total. The van der Waals surface area contributed by atoms with Crippen LogP contribution in [0.15, 0.2) is 36.7 Å². The fourth-order valence-corrected chi connectivity index (χ4v) is 2.74. The average molecular weight is 439 g/mol. The quantitative estimate of drug-likeness (QED) is 0.311. The van der Waals surface area contributed by atoms with Crippen LogP contribution in [-0.2, 0) is 20.1 Å². The number of hydrogen-bond donors (Lipinski definition) is 0. The summed E-state index contributed by atoms with van der Waals surface area (Å²) >= 11 is 0. The van der Waals surface area contributed by atoms with Gasteiger partial charge in [0.1, 0.15) is 0 Å². The van der Waals surface area contributed by atoms with Crippen LogP contribution >= 0.6 is 0 Å². The van der Waals surface area contributed by atoms with Crippen molar-refractivity contribution in [1.82, 2.24) is 14.4 Å². The predicted molar refractivity (Wildman–Crippen MR) is 76.3 cm³/mol. The molecule has 3 heterocycles. The Morgan fingerprint density at radius 1 is 1.20 bits per heavy atom. The maximum atomic E-state index is 4.61. The molecular formula is C16H12IrN3-. The molecular weight excluding hydrogens is 426 g/mol. The molecule has 0 aliphatic heterocycles. The fourth-order valence-electron chi connectivity index (χ4n) is 2.74. The second-order valence-corrected chi connectivity index (χ2v) is 4.86. The van der Waals surface area contributed by atoms with Gasteiger partial charge in [-0.3, -0.25) is 4.98 Å². The molecule has 0 atom stereocenters. The molecule has 101 valence electrons. The van der Waals surface area contributed by atoms with Gasteiger partial charge in [-0.1, -0.05) is 23.7 Å². The Hall–Kier alpha value is -1.77. The zero-order valence-electron chi connectivity index (χ0n) is 11.1. The van der Waals surface area contributed by atoms with E-state index in [4.69, 9.17) is 0 Å². The third-order valence-electron chi connectivity index (χ3n) is 3.54. The molecule has 0 bridgehead atoms. The molecule has 4 heteroatoms. The van der Waals surface area contributed by atoms with Gasteiger partial charge in [-0.25, -0.2) is 0 Å². The SMILES string of the molecule is Cc1cn2c3cccc(C)c3c3ncc[c-]c3c2n1.[Ir]. The van der Waals surface area contributed by atoms with Crippen LogP contribution in [0, 0.1) is 19.9 Å². The van der Waals surface area contributed by atoms with Gasteiger partial charge in [0.25, 0.3) is 0 Å². The second kappa shape index (κ2) is 4.65. The third kappa shape index (κ3) is 1.69. The Kier molecular flexibility index (Phi) is 3.08. The van der Waals surface area contributed by atoms with Crippen LogP contribution in [0.2, 0.25) is 0 Å². The average Bonchev–Trinajstić information content (AvgIpc) is 2.81. The summed E-state index contributed by atoms with van der Waals surface area (Å²) in [5, 5.41) is 2.16. The molecule has 0 amide bonds. The summed E-state index contributed by atoms with van der Waals surface area (Å²) in [5.74, 6) is 0. The second-order valence-electron chi connectivity index (χ2n) is 4.86. The summed E-state index contributed by atoms with van der Waals surface area (Å²) < 4.78 is 2.14. The standard InChI is InChI=1S/C16H12N3.Ir/c1-10-5-3-7-13-14(10)15-12(6-4-8-17-15)16-18-11(2)9-19(13)16;/h3-5,7-9H,1-2H3;/q-1;. The molecule has 20 heavy (non-hydrogen) atoms. The van der Waals surface area contributed by atoms with Gasteiger partial charge >= 0.3 is 0 Å². The van der Waals surface area contributed by atoms with Crippen molar-refractivity contribution in [1.29, 1.82) is 0 Å². The Bertz CT molecular complexity index is 941. The molecule has 1 aromatic carbocycles. The number of fused-ring (bicyclic) bond motifs is 6. The fraction of sp³-hybridized carbons (Fsp3) is 0.125. The Labute approximate surface area is 130 Å². The van der Waals surface area contributed by atoms with E-state index in [0.717, 1.165) is 27.8 Å². The monoisotopic (exact) mass is 439 g/mol. The molecule has 0 fully saturated rings. The molecule has 3 aromatic heterocycles. The van der Waals surface area contributed by atoms with Gasteiger partial charge < -0.3 is 9.38 Å². The topological polar surface area (TPSA) is 30.2 Å². The van der Waals surface area contributed by atoms with Gasteiger partial charge in [0.2, 0.25) is 0 Å². The van der Waals surface area contributed by atoms with E-state index in [2.05, 4.69) is 51.8 Å². The maximum Gasteiger partial charge on any atom is 0.0626 e. The number of imidazole rings is 1. The van der Waals surface area contributed by atoms with E-state index in [1.807, 2.05) is 13.0 Å². The number of hydrogen-bond acceptors (Lipinski definition) is 2. The number of nitrogens with zero attached hydrogens (tertiary/aromatic N) is 3. The first kappa shape index (κ1) is 13.2. The van der Waals surface area contributed by atoms with Crippen LogP contribution in [-0.4, -0.2) is 14.4 Å². The first-order valence-electron chi connectivity index (χ1n) is 6.29. The van der Waals surface area contributed by atoms with Crippen LogP contribution in [0.3, 0.4) is 0 Å². The molecule has 0 N–H and O–H groups in total. The van der Waals surface area contributed by atoms with E-state index in [-0.39, 0.29) is 20.1 Å². The summed E-state index contributed by atoms with van der Waals surface area (Å²) in [7, 11) is 0. The summed E-state index contributed by atoms with van der Waals surface area (Å²) in [6, 6.07) is 11.4. The van der Waals surface area contributed by atoms with Crippen molar-refractivity contribution in [2.45, 2.75) is 13.8 Å². The van der Waals surface area contributed by atoms with Crippen molar-refractivity contribution < 1.29 is 20.1 Å². The van der Waals surface area contributed by atoms with Gasteiger partial charge in [0, 0.05) is 37.5 Å². The van der Waals surface area contributed by atoms with Gasteiger partial charge in [0.05, 0.1) is 5.65 Å². The third-order valence-corrected chi connectivity index (χ3v) is 3.54. The van der Waals surface area contributed by atoms with Crippen molar-refractivity contribution in [3.8, 4) is 0 Å².